The minimum absolute atomic E-state index is 0.0182. The number of carbonyl (C=O) groups is 1. The van der Waals surface area contributed by atoms with Crippen molar-refractivity contribution in [2.75, 3.05) is 4.43 Å². The highest BCUT2D eigenvalue weighted by Gasteiger charge is 2.20. The Hall–Kier alpha value is -2.70. The van der Waals surface area contributed by atoms with Crippen molar-refractivity contribution < 1.29 is 9.90 Å². The summed E-state index contributed by atoms with van der Waals surface area (Å²) < 4.78 is 0.911. The average Bonchev–Trinajstić information content (AvgIpc) is 2.81. The van der Waals surface area contributed by atoms with Crippen molar-refractivity contribution in [2.45, 2.75) is 12.3 Å². The number of carboxylic acids is 1. The van der Waals surface area contributed by atoms with Gasteiger partial charge in [-0.2, -0.15) is 0 Å². The molecular formula is C27H21ClINO2. The van der Waals surface area contributed by atoms with Gasteiger partial charge in [0.2, 0.25) is 0 Å². The molecule has 4 aromatic rings. The third kappa shape index (κ3) is 4.71. The Morgan fingerprint density at radius 2 is 1.81 bits per heavy atom. The lowest BCUT2D eigenvalue weighted by Crippen LogP contribution is -2.09. The molecule has 0 saturated heterocycles. The minimum atomic E-state index is -0.904. The third-order valence-electron chi connectivity index (χ3n) is 5.57. The molecule has 1 heterocycles. The molecule has 1 unspecified atom stereocenters. The standard InChI is InChI=1S/C27H21ClINO2/c1-17(25-12-10-18-9-11-21(28)16-26(18)30-25)19-5-4-6-20(15-19)22(13-14-29)23-7-2-3-8-24(23)27(31)32/h2-12,15-16,22H,1,13-14H2,(H,31,32). The molecule has 0 spiro atoms. The average molecular weight is 554 g/mol. The highest BCUT2D eigenvalue weighted by Crippen LogP contribution is 2.33. The van der Waals surface area contributed by atoms with Crippen LogP contribution in [0.15, 0.2) is 85.4 Å². The summed E-state index contributed by atoms with van der Waals surface area (Å²) in [5.41, 5.74) is 5.63. The summed E-state index contributed by atoms with van der Waals surface area (Å²) in [5, 5.41) is 11.4. The Labute approximate surface area is 205 Å². The molecule has 0 amide bonds. The second-order valence-corrected chi connectivity index (χ2v) is 9.08. The molecule has 0 saturated carbocycles. The van der Waals surface area contributed by atoms with Crippen molar-refractivity contribution in [3.8, 4) is 0 Å². The van der Waals surface area contributed by atoms with Gasteiger partial charge in [0.05, 0.1) is 16.8 Å². The van der Waals surface area contributed by atoms with Crippen LogP contribution in [0.1, 0.15) is 45.1 Å². The topological polar surface area (TPSA) is 50.2 Å². The molecule has 4 rings (SSSR count). The van der Waals surface area contributed by atoms with Gasteiger partial charge in [-0.25, -0.2) is 9.78 Å². The highest BCUT2D eigenvalue weighted by atomic mass is 127. The molecule has 0 fully saturated rings. The molecule has 0 bridgehead atoms. The number of halogens is 2. The summed E-state index contributed by atoms with van der Waals surface area (Å²) in [4.78, 5) is 16.6. The van der Waals surface area contributed by atoms with Crippen molar-refractivity contribution in [1.29, 1.82) is 0 Å². The largest absolute Gasteiger partial charge is 0.478 e. The van der Waals surface area contributed by atoms with E-state index in [0.717, 1.165) is 49.7 Å². The van der Waals surface area contributed by atoms with E-state index in [9.17, 15) is 9.90 Å². The Balaban J connectivity index is 1.74. The summed E-state index contributed by atoms with van der Waals surface area (Å²) in [6, 6.07) is 25.1. The molecule has 0 radical (unpaired) electrons. The number of fused-ring (bicyclic) bond motifs is 1. The number of alkyl halides is 1. The van der Waals surface area contributed by atoms with Crippen LogP contribution in [0.5, 0.6) is 0 Å². The fourth-order valence-electron chi connectivity index (χ4n) is 3.96. The van der Waals surface area contributed by atoms with Crippen LogP contribution >= 0.6 is 34.2 Å². The van der Waals surface area contributed by atoms with Crippen LogP contribution in [0, 0.1) is 0 Å². The van der Waals surface area contributed by atoms with Crippen LogP contribution in [-0.4, -0.2) is 20.5 Å². The SMILES string of the molecule is C=C(c1cccc(C(CCI)c2ccccc2C(=O)O)c1)c1ccc2ccc(Cl)cc2n1. The molecule has 1 N–H and O–H groups in total. The molecule has 5 heteroatoms. The van der Waals surface area contributed by atoms with Gasteiger partial charge in [-0.05, 0) is 47.4 Å². The van der Waals surface area contributed by atoms with Gasteiger partial charge in [-0.1, -0.05) is 95.4 Å². The number of rotatable bonds is 7. The van der Waals surface area contributed by atoms with Crippen molar-refractivity contribution >= 4 is 56.6 Å². The third-order valence-corrected chi connectivity index (χ3v) is 6.42. The first-order chi connectivity index (χ1) is 15.5. The number of aromatic nitrogens is 1. The molecule has 0 aliphatic heterocycles. The van der Waals surface area contributed by atoms with Crippen LogP contribution in [0.4, 0.5) is 0 Å². The number of benzene rings is 3. The highest BCUT2D eigenvalue weighted by molar-refractivity contribution is 14.1. The normalized spacial score (nSPS) is 11.9. The number of carboxylic acid groups (broad SMARTS) is 1. The monoisotopic (exact) mass is 553 g/mol. The molecule has 160 valence electrons. The summed E-state index contributed by atoms with van der Waals surface area (Å²) in [6.45, 7) is 4.30. The summed E-state index contributed by atoms with van der Waals surface area (Å²) in [6.07, 6.45) is 0.841. The van der Waals surface area contributed by atoms with Crippen molar-refractivity contribution in [2.24, 2.45) is 0 Å². The van der Waals surface area contributed by atoms with Crippen molar-refractivity contribution in [1.82, 2.24) is 4.98 Å². The first kappa shape index (κ1) is 22.5. The first-order valence-corrected chi connectivity index (χ1v) is 12.1. The second kappa shape index (κ2) is 9.84. The van der Waals surface area contributed by atoms with Crippen LogP contribution in [0.25, 0.3) is 16.5 Å². The van der Waals surface area contributed by atoms with E-state index < -0.39 is 5.97 Å². The van der Waals surface area contributed by atoms with Gasteiger partial charge in [-0.15, -0.1) is 0 Å². The van der Waals surface area contributed by atoms with Crippen LogP contribution in [0.3, 0.4) is 0 Å². The van der Waals surface area contributed by atoms with E-state index in [0.29, 0.717) is 10.6 Å². The number of nitrogens with zero attached hydrogens (tertiary/aromatic N) is 1. The van der Waals surface area contributed by atoms with Gasteiger partial charge < -0.3 is 5.11 Å². The lowest BCUT2D eigenvalue weighted by atomic mass is 9.85. The molecule has 3 nitrogen and oxygen atoms in total. The number of aromatic carboxylic acids is 1. The molecule has 0 aliphatic rings. The lowest BCUT2D eigenvalue weighted by molar-refractivity contribution is 0.0695. The Morgan fingerprint density at radius 1 is 1.03 bits per heavy atom. The maximum Gasteiger partial charge on any atom is 0.335 e. The van der Waals surface area contributed by atoms with E-state index in [-0.39, 0.29) is 5.92 Å². The van der Waals surface area contributed by atoms with E-state index in [4.69, 9.17) is 16.6 Å². The smallest absolute Gasteiger partial charge is 0.335 e. The number of pyridine rings is 1. The van der Waals surface area contributed by atoms with Crippen LogP contribution < -0.4 is 0 Å². The molecular weight excluding hydrogens is 533 g/mol. The minimum Gasteiger partial charge on any atom is -0.478 e. The Morgan fingerprint density at radius 3 is 2.59 bits per heavy atom. The zero-order valence-electron chi connectivity index (χ0n) is 17.3. The molecule has 32 heavy (non-hydrogen) atoms. The fraction of sp³-hybridized carbons (Fsp3) is 0.111. The van der Waals surface area contributed by atoms with E-state index in [1.54, 1.807) is 12.1 Å². The van der Waals surface area contributed by atoms with Gasteiger partial charge in [-0.3, -0.25) is 0 Å². The van der Waals surface area contributed by atoms with Gasteiger partial charge in [0.25, 0.3) is 0 Å². The fourth-order valence-corrected chi connectivity index (χ4v) is 4.75. The maximum atomic E-state index is 11.8. The number of hydrogen-bond donors (Lipinski definition) is 1. The van der Waals surface area contributed by atoms with Gasteiger partial charge in [0, 0.05) is 26.3 Å². The van der Waals surface area contributed by atoms with E-state index in [1.807, 2.05) is 54.6 Å². The molecule has 1 atom stereocenters. The quantitative estimate of drug-likeness (QED) is 0.189. The maximum absolute atomic E-state index is 11.8. The van der Waals surface area contributed by atoms with Gasteiger partial charge in [0.1, 0.15) is 0 Å². The molecule has 0 aliphatic carbocycles. The summed E-state index contributed by atoms with van der Waals surface area (Å²) >= 11 is 8.48. The molecule has 3 aromatic carbocycles. The van der Waals surface area contributed by atoms with Gasteiger partial charge in [0.15, 0.2) is 0 Å². The Kier molecular flexibility index (Phi) is 6.92. The number of hydrogen-bond acceptors (Lipinski definition) is 2. The van der Waals surface area contributed by atoms with E-state index in [1.165, 1.54) is 0 Å². The van der Waals surface area contributed by atoms with Crippen LogP contribution in [-0.2, 0) is 0 Å². The zero-order valence-corrected chi connectivity index (χ0v) is 20.2. The second-order valence-electron chi connectivity index (χ2n) is 7.56. The van der Waals surface area contributed by atoms with Gasteiger partial charge >= 0.3 is 5.97 Å². The van der Waals surface area contributed by atoms with Crippen LogP contribution in [0.2, 0.25) is 5.02 Å². The van der Waals surface area contributed by atoms with Crippen molar-refractivity contribution in [3.05, 3.63) is 118 Å². The zero-order chi connectivity index (χ0) is 22.7. The summed E-state index contributed by atoms with van der Waals surface area (Å²) in [5.74, 6) is -0.922. The van der Waals surface area contributed by atoms with E-state index in [2.05, 4.69) is 41.3 Å². The molecule has 1 aromatic heterocycles. The predicted molar refractivity (Wildman–Crippen MR) is 140 cm³/mol. The first-order valence-electron chi connectivity index (χ1n) is 10.2. The predicted octanol–water partition coefficient (Wildman–Crippen LogP) is 7.60. The van der Waals surface area contributed by atoms with E-state index >= 15 is 0 Å². The van der Waals surface area contributed by atoms with Crippen molar-refractivity contribution in [3.63, 3.8) is 0 Å². The Bertz CT molecular complexity index is 1320. The summed E-state index contributed by atoms with van der Waals surface area (Å²) in [7, 11) is 0. The lowest BCUT2D eigenvalue weighted by Gasteiger charge is -2.20.